The number of imide groups is 1. The largest absolute Gasteiger partial charge is 0.465 e. The Morgan fingerprint density at radius 1 is 0.472 bits per heavy atom. The minimum atomic E-state index is -1.16. The maximum atomic E-state index is 14.1. The monoisotopic (exact) mass is 719 g/mol. The molecule has 17 heteroatoms. The molecule has 3 aliphatic heterocycles. The van der Waals surface area contributed by atoms with Crippen molar-refractivity contribution in [1.82, 2.24) is 0 Å². The van der Waals surface area contributed by atoms with E-state index >= 15 is 0 Å². The second-order valence-corrected chi connectivity index (χ2v) is 11.2. The van der Waals surface area contributed by atoms with E-state index in [9.17, 15) is 47.9 Å². The molecule has 0 aromatic heterocycles. The third-order valence-corrected chi connectivity index (χ3v) is 8.15. The fraction of sp³-hybridized carbons (Fsp3) is 0.0556. The average molecular weight is 720 g/mol. The zero-order chi connectivity index (χ0) is 37.9. The van der Waals surface area contributed by atoms with Gasteiger partial charge in [-0.2, -0.15) is 0 Å². The summed E-state index contributed by atoms with van der Waals surface area (Å²) in [5.41, 5.74) is -3.19. The zero-order valence-electron chi connectivity index (χ0n) is 26.8. The lowest BCUT2D eigenvalue weighted by atomic mass is 10.0. The summed E-state index contributed by atoms with van der Waals surface area (Å²) in [6.45, 7) is 0. The summed E-state index contributed by atoms with van der Waals surface area (Å²) in [5, 5.41) is 0. The van der Waals surface area contributed by atoms with Crippen molar-refractivity contribution in [1.29, 1.82) is 0 Å². The minimum absolute atomic E-state index is 0.0950. The molecule has 0 spiro atoms. The molecule has 0 atom stereocenters. The second-order valence-electron chi connectivity index (χ2n) is 11.2. The van der Waals surface area contributed by atoms with E-state index in [0.29, 0.717) is 4.90 Å². The van der Waals surface area contributed by atoms with Gasteiger partial charge in [0.1, 0.15) is 11.5 Å². The Kier molecular flexibility index (Phi) is 7.94. The Bertz CT molecular complexity index is 2310. The van der Waals surface area contributed by atoms with Crippen LogP contribution in [-0.4, -0.2) is 73.8 Å². The van der Waals surface area contributed by atoms with Crippen LogP contribution in [0.15, 0.2) is 66.7 Å². The Morgan fingerprint density at radius 2 is 0.868 bits per heavy atom. The molecule has 4 aromatic carbocycles. The predicted octanol–water partition coefficient (Wildman–Crippen LogP) is 3.12. The van der Waals surface area contributed by atoms with Gasteiger partial charge in [0.05, 0.1) is 75.5 Å². The van der Waals surface area contributed by atoms with Crippen LogP contribution in [-0.2, 0) is 18.9 Å². The molecule has 53 heavy (non-hydrogen) atoms. The highest BCUT2D eigenvalue weighted by Crippen LogP contribution is 2.41. The van der Waals surface area contributed by atoms with Crippen LogP contribution in [0.25, 0.3) is 0 Å². The van der Waals surface area contributed by atoms with Crippen LogP contribution in [0.2, 0.25) is 0 Å². The first-order valence-electron chi connectivity index (χ1n) is 14.9. The van der Waals surface area contributed by atoms with Crippen molar-refractivity contribution in [3.63, 3.8) is 0 Å². The summed E-state index contributed by atoms with van der Waals surface area (Å²) in [6, 6.07) is 12.0. The van der Waals surface area contributed by atoms with Crippen LogP contribution in [0.1, 0.15) is 104 Å². The number of hydrogen-bond acceptors (Lipinski definition) is 16. The second kappa shape index (κ2) is 12.5. The molecule has 2 amide bonds. The molecular weight excluding hydrogens is 702 g/mol. The smallest absolute Gasteiger partial charge is 0.346 e. The molecule has 0 unspecified atom stereocenters. The van der Waals surface area contributed by atoms with Crippen molar-refractivity contribution in [3.8, 4) is 11.5 Å². The molecule has 3 heterocycles. The number of hydrogen-bond donors (Lipinski definition) is 0. The number of cyclic esters (lactones) is 4. The number of anilines is 1. The van der Waals surface area contributed by atoms with E-state index in [2.05, 4.69) is 9.47 Å². The van der Waals surface area contributed by atoms with E-state index < -0.39 is 82.2 Å². The molecule has 17 nitrogen and oxygen atoms in total. The lowest BCUT2D eigenvalue weighted by Gasteiger charge is -2.16. The van der Waals surface area contributed by atoms with Crippen LogP contribution in [0.5, 0.6) is 11.5 Å². The Balaban J connectivity index is 1.31. The highest BCUT2D eigenvalue weighted by Gasteiger charge is 2.44. The SMILES string of the molecule is COC(=O)c1cc(C(=O)OC)cc(N2C(=O)c3c(OC(=O)c4ccc5c(c4)C(=O)OC5=O)ccc(OC(=O)c4ccc5c(c4)C(=O)OC5=O)c3C2=O)c1. The summed E-state index contributed by atoms with van der Waals surface area (Å²) in [4.78, 5) is 128. The first kappa shape index (κ1) is 33.7. The number of rotatable bonds is 7. The number of amides is 2. The number of methoxy groups -OCH3 is 2. The normalized spacial score (nSPS) is 13.9. The highest BCUT2D eigenvalue weighted by molar-refractivity contribution is 6.36. The van der Waals surface area contributed by atoms with Gasteiger partial charge in [-0.05, 0) is 66.7 Å². The van der Waals surface area contributed by atoms with Gasteiger partial charge in [0.2, 0.25) is 0 Å². The fourth-order valence-corrected chi connectivity index (χ4v) is 5.66. The third kappa shape index (κ3) is 5.53. The van der Waals surface area contributed by atoms with Gasteiger partial charge in [0.25, 0.3) is 11.8 Å². The Morgan fingerprint density at radius 3 is 1.26 bits per heavy atom. The van der Waals surface area contributed by atoms with Gasteiger partial charge in [0, 0.05) is 0 Å². The molecule has 262 valence electrons. The number of carbonyl (C=O) groups is 10. The molecule has 4 aromatic rings. The van der Waals surface area contributed by atoms with Crippen molar-refractivity contribution < 1.29 is 76.4 Å². The van der Waals surface area contributed by atoms with Crippen LogP contribution in [0.3, 0.4) is 0 Å². The first-order valence-corrected chi connectivity index (χ1v) is 14.9. The molecule has 0 radical (unpaired) electrons. The molecule has 0 fully saturated rings. The van der Waals surface area contributed by atoms with Gasteiger partial charge in [0.15, 0.2) is 0 Å². The molecule has 0 N–H and O–H groups in total. The maximum absolute atomic E-state index is 14.1. The molecule has 3 aliphatic rings. The van der Waals surface area contributed by atoms with Crippen molar-refractivity contribution in [2.75, 3.05) is 19.1 Å². The maximum Gasteiger partial charge on any atom is 0.346 e. The molecule has 0 bridgehead atoms. The minimum Gasteiger partial charge on any atom is -0.465 e. The number of ether oxygens (including phenoxy) is 6. The number of carbonyl (C=O) groups excluding carboxylic acids is 10. The summed E-state index contributed by atoms with van der Waals surface area (Å²) >= 11 is 0. The van der Waals surface area contributed by atoms with Crippen LogP contribution in [0.4, 0.5) is 5.69 Å². The quantitative estimate of drug-likeness (QED) is 0.0878. The first-order chi connectivity index (χ1) is 25.3. The van der Waals surface area contributed by atoms with E-state index in [0.717, 1.165) is 80.9 Å². The molecule has 0 aliphatic carbocycles. The van der Waals surface area contributed by atoms with E-state index in [-0.39, 0.29) is 50.2 Å². The van der Waals surface area contributed by atoms with E-state index in [1.165, 1.54) is 0 Å². The average Bonchev–Trinajstić information content (AvgIpc) is 3.72. The molecule has 7 rings (SSSR count). The van der Waals surface area contributed by atoms with Crippen molar-refractivity contribution in [3.05, 3.63) is 122 Å². The fourth-order valence-electron chi connectivity index (χ4n) is 5.66. The van der Waals surface area contributed by atoms with Crippen molar-refractivity contribution in [2.24, 2.45) is 0 Å². The molecular formula is C36H17NO16. The summed E-state index contributed by atoms with van der Waals surface area (Å²) in [6.07, 6.45) is 0. The van der Waals surface area contributed by atoms with Gasteiger partial charge < -0.3 is 28.4 Å². The lowest BCUT2D eigenvalue weighted by molar-refractivity contribution is 0.0425. The number of benzene rings is 4. The summed E-state index contributed by atoms with van der Waals surface area (Å²) < 4.78 is 29.5. The Labute approximate surface area is 294 Å². The van der Waals surface area contributed by atoms with Gasteiger partial charge in [-0.15, -0.1) is 0 Å². The van der Waals surface area contributed by atoms with Gasteiger partial charge in [-0.1, -0.05) is 0 Å². The van der Waals surface area contributed by atoms with E-state index in [4.69, 9.17) is 18.9 Å². The topological polar surface area (TPSA) is 229 Å². The van der Waals surface area contributed by atoms with Crippen molar-refractivity contribution >= 4 is 65.3 Å². The van der Waals surface area contributed by atoms with Crippen LogP contribution in [0, 0.1) is 0 Å². The highest BCUT2D eigenvalue weighted by atomic mass is 16.6. The number of fused-ring (bicyclic) bond motifs is 3. The van der Waals surface area contributed by atoms with Crippen molar-refractivity contribution in [2.45, 2.75) is 0 Å². The number of esters is 8. The van der Waals surface area contributed by atoms with E-state index in [1.54, 1.807) is 0 Å². The van der Waals surface area contributed by atoms with Gasteiger partial charge >= 0.3 is 47.8 Å². The standard InChI is InChI=1S/C36H17NO16/c1-48-29(40)16-9-17(30(41)49-2)11-18(10-16)37-27(38)25-23(50-31(42)14-3-5-19-21(12-14)35(46)52-33(19)44)7-8-24(26(25)28(37)39)51-32(43)15-4-6-20-22(13-15)36(47)53-34(20)45/h3-13H,1-2H3. The Hall–Kier alpha value is -7.82. The van der Waals surface area contributed by atoms with Crippen LogP contribution < -0.4 is 14.4 Å². The van der Waals surface area contributed by atoms with Gasteiger partial charge in [-0.25, -0.2) is 43.3 Å². The lowest BCUT2D eigenvalue weighted by Crippen LogP contribution is -2.30. The van der Waals surface area contributed by atoms with Gasteiger partial charge in [-0.3, -0.25) is 9.59 Å². The summed E-state index contributed by atoms with van der Waals surface area (Å²) in [5.74, 6) is -11.4. The number of nitrogens with zero attached hydrogens (tertiary/aromatic N) is 1. The molecule has 0 saturated carbocycles. The zero-order valence-corrected chi connectivity index (χ0v) is 26.8. The van der Waals surface area contributed by atoms with E-state index in [1.807, 2.05) is 0 Å². The summed E-state index contributed by atoms with van der Waals surface area (Å²) in [7, 11) is 2.11. The van der Waals surface area contributed by atoms with Crippen LogP contribution >= 0.6 is 0 Å². The predicted molar refractivity (Wildman–Crippen MR) is 169 cm³/mol. The molecule has 0 saturated heterocycles. The third-order valence-electron chi connectivity index (χ3n) is 8.15.